The Morgan fingerprint density at radius 2 is 1.85 bits per heavy atom. The van der Waals surface area contributed by atoms with Crippen LogP contribution in [0, 0.1) is 0 Å². The van der Waals surface area contributed by atoms with Crippen molar-refractivity contribution in [2.45, 2.75) is 6.61 Å². The van der Waals surface area contributed by atoms with Crippen molar-refractivity contribution >= 4 is 29.0 Å². The second kappa shape index (κ2) is 6.21. The smallest absolute Gasteiger partial charge is 0.350 e. The normalized spacial score (nSPS) is 10.1. The molecule has 0 fully saturated rings. The Labute approximate surface area is 119 Å². The highest BCUT2D eigenvalue weighted by molar-refractivity contribution is 7.12. The molecule has 20 heavy (non-hydrogen) atoms. The lowest BCUT2D eigenvalue weighted by Crippen LogP contribution is -2.06. The summed E-state index contributed by atoms with van der Waals surface area (Å²) >= 11 is 1.24. The minimum absolute atomic E-state index is 0.123. The summed E-state index contributed by atoms with van der Waals surface area (Å²) < 4.78 is 9.75. The maximum atomic E-state index is 11.8. The van der Waals surface area contributed by atoms with Crippen molar-refractivity contribution in [1.82, 2.24) is 0 Å². The third-order valence-electron chi connectivity index (χ3n) is 2.63. The van der Waals surface area contributed by atoms with Gasteiger partial charge in [0.25, 0.3) is 0 Å². The fourth-order valence-electron chi connectivity index (χ4n) is 1.55. The monoisotopic (exact) mass is 291 g/mol. The van der Waals surface area contributed by atoms with Crippen LogP contribution < -0.4 is 5.73 Å². The van der Waals surface area contributed by atoms with Gasteiger partial charge in [0, 0.05) is 0 Å². The Morgan fingerprint density at radius 3 is 2.40 bits per heavy atom. The second-order valence-electron chi connectivity index (χ2n) is 3.97. The summed E-state index contributed by atoms with van der Waals surface area (Å²) in [7, 11) is 1.32. The SMILES string of the molecule is COC(=O)c1ccc(COC(=O)c2sccc2N)cc1. The van der Waals surface area contributed by atoms with Crippen LogP contribution in [0.4, 0.5) is 5.69 Å². The quantitative estimate of drug-likeness (QED) is 0.875. The van der Waals surface area contributed by atoms with Crippen molar-refractivity contribution in [2.24, 2.45) is 0 Å². The number of rotatable bonds is 4. The molecule has 0 aliphatic heterocycles. The summed E-state index contributed by atoms with van der Waals surface area (Å²) in [5.41, 5.74) is 7.28. The summed E-state index contributed by atoms with van der Waals surface area (Å²) in [5, 5.41) is 1.73. The van der Waals surface area contributed by atoms with E-state index >= 15 is 0 Å². The lowest BCUT2D eigenvalue weighted by atomic mass is 10.1. The maximum absolute atomic E-state index is 11.8. The number of esters is 2. The van der Waals surface area contributed by atoms with Gasteiger partial charge in [-0.15, -0.1) is 11.3 Å². The predicted molar refractivity (Wildman–Crippen MR) is 75.6 cm³/mol. The molecule has 1 aromatic heterocycles. The molecule has 0 saturated carbocycles. The molecule has 2 rings (SSSR count). The van der Waals surface area contributed by atoms with E-state index in [-0.39, 0.29) is 6.61 Å². The van der Waals surface area contributed by atoms with E-state index in [2.05, 4.69) is 4.74 Å². The van der Waals surface area contributed by atoms with Gasteiger partial charge in [-0.2, -0.15) is 0 Å². The Kier molecular flexibility index (Phi) is 4.37. The van der Waals surface area contributed by atoms with Crippen molar-refractivity contribution in [1.29, 1.82) is 0 Å². The molecule has 2 aromatic rings. The van der Waals surface area contributed by atoms with Crippen LogP contribution in [0.3, 0.4) is 0 Å². The summed E-state index contributed by atoms with van der Waals surface area (Å²) in [6.07, 6.45) is 0. The predicted octanol–water partition coefficient (Wildman–Crippen LogP) is 2.47. The fourth-order valence-corrected chi connectivity index (χ4v) is 2.26. The number of nitrogens with two attached hydrogens (primary N) is 1. The third-order valence-corrected chi connectivity index (χ3v) is 3.54. The average Bonchev–Trinajstić information content (AvgIpc) is 2.90. The van der Waals surface area contributed by atoms with Crippen LogP contribution in [0.5, 0.6) is 0 Å². The first kappa shape index (κ1) is 14.1. The van der Waals surface area contributed by atoms with E-state index in [0.29, 0.717) is 16.1 Å². The summed E-state index contributed by atoms with van der Waals surface area (Å²) in [4.78, 5) is 23.4. The second-order valence-corrected chi connectivity index (χ2v) is 4.89. The molecule has 6 heteroatoms. The molecule has 0 aliphatic carbocycles. The number of methoxy groups -OCH3 is 1. The number of anilines is 1. The highest BCUT2D eigenvalue weighted by atomic mass is 32.1. The molecule has 2 N–H and O–H groups in total. The molecule has 0 spiro atoms. The van der Waals surface area contributed by atoms with Crippen molar-refractivity contribution in [3.8, 4) is 0 Å². The molecule has 1 aromatic carbocycles. The number of thiophene rings is 1. The topological polar surface area (TPSA) is 78.6 Å². The number of hydrogen-bond acceptors (Lipinski definition) is 6. The van der Waals surface area contributed by atoms with Crippen molar-refractivity contribution in [3.05, 3.63) is 51.7 Å². The number of carbonyl (C=O) groups excluding carboxylic acids is 2. The largest absolute Gasteiger partial charge is 0.465 e. The van der Waals surface area contributed by atoms with Gasteiger partial charge >= 0.3 is 11.9 Å². The van der Waals surface area contributed by atoms with E-state index in [1.54, 1.807) is 35.7 Å². The molecule has 0 bridgehead atoms. The van der Waals surface area contributed by atoms with Gasteiger partial charge in [-0.05, 0) is 29.1 Å². The molecule has 0 atom stereocenters. The van der Waals surface area contributed by atoms with Gasteiger partial charge in [-0.1, -0.05) is 12.1 Å². The van der Waals surface area contributed by atoms with Gasteiger partial charge in [0.2, 0.25) is 0 Å². The summed E-state index contributed by atoms with van der Waals surface area (Å²) in [5.74, 6) is -0.852. The molecule has 1 heterocycles. The standard InChI is InChI=1S/C14H13NO4S/c1-18-13(16)10-4-2-9(3-5-10)8-19-14(17)12-11(15)6-7-20-12/h2-7H,8,15H2,1H3. The number of nitrogen functional groups attached to an aromatic ring is 1. The minimum Gasteiger partial charge on any atom is -0.465 e. The first-order valence-corrected chi connectivity index (χ1v) is 6.67. The van der Waals surface area contributed by atoms with Gasteiger partial charge < -0.3 is 15.2 Å². The van der Waals surface area contributed by atoms with E-state index in [9.17, 15) is 9.59 Å². The zero-order valence-electron chi connectivity index (χ0n) is 10.8. The van der Waals surface area contributed by atoms with Crippen LogP contribution in [0.1, 0.15) is 25.6 Å². The number of carbonyl (C=O) groups is 2. The first-order valence-electron chi connectivity index (χ1n) is 5.79. The lowest BCUT2D eigenvalue weighted by molar-refractivity contribution is 0.0478. The molecular weight excluding hydrogens is 278 g/mol. The molecule has 0 radical (unpaired) electrons. The van der Waals surface area contributed by atoms with Crippen LogP contribution in [0.25, 0.3) is 0 Å². The molecular formula is C14H13NO4S. The number of hydrogen-bond donors (Lipinski definition) is 1. The maximum Gasteiger partial charge on any atom is 0.350 e. The molecule has 104 valence electrons. The zero-order chi connectivity index (χ0) is 14.5. The van der Waals surface area contributed by atoms with Gasteiger partial charge in [-0.25, -0.2) is 9.59 Å². The van der Waals surface area contributed by atoms with Crippen LogP contribution in [0.15, 0.2) is 35.7 Å². The van der Waals surface area contributed by atoms with E-state index in [4.69, 9.17) is 10.5 Å². The summed E-state index contributed by atoms with van der Waals surface area (Å²) in [6.45, 7) is 0.123. The van der Waals surface area contributed by atoms with Crippen LogP contribution >= 0.6 is 11.3 Å². The fraction of sp³-hybridized carbons (Fsp3) is 0.143. The molecule has 0 amide bonds. The third kappa shape index (κ3) is 3.16. The molecule has 5 nitrogen and oxygen atoms in total. The van der Waals surface area contributed by atoms with Gasteiger partial charge in [-0.3, -0.25) is 0 Å². The van der Waals surface area contributed by atoms with E-state index in [1.165, 1.54) is 18.4 Å². The highest BCUT2D eigenvalue weighted by Gasteiger charge is 2.13. The van der Waals surface area contributed by atoms with Crippen molar-refractivity contribution in [2.75, 3.05) is 12.8 Å². The number of ether oxygens (including phenoxy) is 2. The van der Waals surface area contributed by atoms with Crippen molar-refractivity contribution < 1.29 is 19.1 Å². The van der Waals surface area contributed by atoms with Crippen molar-refractivity contribution in [3.63, 3.8) is 0 Å². The molecule has 0 unspecified atom stereocenters. The number of benzene rings is 1. The van der Waals surface area contributed by atoms with E-state index in [1.807, 2.05) is 0 Å². The average molecular weight is 291 g/mol. The Balaban J connectivity index is 1.96. The van der Waals surface area contributed by atoms with Crippen LogP contribution in [0.2, 0.25) is 0 Å². The first-order chi connectivity index (χ1) is 9.61. The van der Waals surface area contributed by atoms with Gasteiger partial charge in [0.15, 0.2) is 0 Å². The Hall–Kier alpha value is -2.34. The van der Waals surface area contributed by atoms with Crippen LogP contribution in [-0.2, 0) is 16.1 Å². The van der Waals surface area contributed by atoms with Crippen LogP contribution in [-0.4, -0.2) is 19.0 Å². The van der Waals surface area contributed by atoms with Gasteiger partial charge in [0.1, 0.15) is 11.5 Å². The molecule has 0 saturated heterocycles. The molecule has 0 aliphatic rings. The van der Waals surface area contributed by atoms with E-state index < -0.39 is 11.9 Å². The minimum atomic E-state index is -0.449. The lowest BCUT2D eigenvalue weighted by Gasteiger charge is -2.05. The Bertz CT molecular complexity index is 618. The zero-order valence-corrected chi connectivity index (χ0v) is 11.6. The Morgan fingerprint density at radius 1 is 1.15 bits per heavy atom. The van der Waals surface area contributed by atoms with Gasteiger partial charge in [0.05, 0.1) is 18.4 Å². The summed E-state index contributed by atoms with van der Waals surface area (Å²) in [6, 6.07) is 8.31. The highest BCUT2D eigenvalue weighted by Crippen LogP contribution is 2.20. The van der Waals surface area contributed by atoms with E-state index in [0.717, 1.165) is 5.56 Å².